The Morgan fingerprint density at radius 1 is 0.190 bits per heavy atom. The quantitative estimate of drug-likeness (QED) is 0.0843. The van der Waals surface area contributed by atoms with E-state index in [1.165, 1.54) is 11.1 Å². The molecule has 12 rings (SSSR count). The fraction of sp³-hybridized carbons (Fsp3) is 0.0133. The second-order valence-corrected chi connectivity index (χ2v) is 19.4. The van der Waals surface area contributed by atoms with E-state index in [1.54, 1.807) is 0 Å². The number of hydrogen-bond acceptors (Lipinski definition) is 4. The van der Waals surface area contributed by atoms with Crippen molar-refractivity contribution in [3.63, 3.8) is 0 Å². The molecule has 12 aromatic rings. The number of anilines is 12. The molecule has 0 fully saturated rings. The average Bonchev–Trinajstić information content (AvgIpc) is 3.57. The van der Waals surface area contributed by atoms with Crippen molar-refractivity contribution in [1.29, 1.82) is 0 Å². The first-order chi connectivity index (χ1) is 39.2. The highest BCUT2D eigenvalue weighted by Crippen LogP contribution is 2.44. The number of hydrogen-bond donors (Lipinski definition) is 0. The van der Waals surface area contributed by atoms with E-state index < -0.39 is 0 Å². The molecule has 4 heteroatoms. The molecular weight excluding hydrogens is 957 g/mol. The number of benzene rings is 12. The predicted molar refractivity (Wildman–Crippen MR) is 334 cm³/mol. The van der Waals surface area contributed by atoms with Gasteiger partial charge in [-0.1, -0.05) is 194 Å². The molecule has 0 bridgehead atoms. The van der Waals surface area contributed by atoms with Crippen LogP contribution < -0.4 is 19.6 Å². The second-order valence-electron chi connectivity index (χ2n) is 19.4. The molecule has 0 aliphatic rings. The van der Waals surface area contributed by atoms with Crippen LogP contribution in [-0.4, -0.2) is 0 Å². The van der Waals surface area contributed by atoms with Crippen LogP contribution in [0.1, 0.15) is 22.3 Å². The van der Waals surface area contributed by atoms with Gasteiger partial charge >= 0.3 is 0 Å². The number of para-hydroxylation sites is 8. The molecule has 79 heavy (non-hydrogen) atoms. The molecule has 12 aromatic carbocycles. The zero-order valence-electron chi connectivity index (χ0n) is 43.8. The minimum absolute atomic E-state index is 0.639. The van der Waals surface area contributed by atoms with Crippen LogP contribution >= 0.6 is 0 Å². The van der Waals surface area contributed by atoms with Gasteiger partial charge in [-0.15, -0.1) is 0 Å². The lowest BCUT2D eigenvalue weighted by atomic mass is 9.85. The third kappa shape index (κ3) is 11.1. The Labute approximate surface area is 465 Å². The maximum atomic E-state index is 2.38. The Bertz CT molecular complexity index is 3720. The lowest BCUT2D eigenvalue weighted by Gasteiger charge is -2.28. The van der Waals surface area contributed by atoms with Crippen LogP contribution in [0.2, 0.25) is 0 Å². The smallest absolute Gasteiger partial charge is 0.0467 e. The standard InChI is InChI=1S/C75H58N4/c1-9-29-62(30-10-1)76(63-31-11-2-12-32-63)70-51-47-58(48-52-70)55-74(60-27-25-45-72(56-60)78(66-37-17-5-18-38-66)67-39-19-6-20-40-67)75(59-49-53-71(54-50-59)77(64-33-13-3-14-34-64)65-35-15-4-16-36-65)61-28-26-46-73(57-61)79(68-41-21-7-22-42-68)69-43-23-8-24-44-69/h1-54,56-57H,55H2. The Kier molecular flexibility index (Phi) is 14.8. The summed E-state index contributed by atoms with van der Waals surface area (Å²) in [6.07, 6.45) is 0.639. The largest absolute Gasteiger partial charge is 0.311 e. The molecule has 0 aliphatic carbocycles. The number of allylic oxidation sites excluding steroid dienone is 1. The first kappa shape index (κ1) is 49.5. The Balaban J connectivity index is 1.08. The van der Waals surface area contributed by atoms with Gasteiger partial charge in [-0.25, -0.2) is 0 Å². The molecule has 0 radical (unpaired) electrons. The van der Waals surface area contributed by atoms with Gasteiger partial charge in [0.15, 0.2) is 0 Å². The van der Waals surface area contributed by atoms with Gasteiger partial charge in [-0.2, -0.15) is 0 Å². The van der Waals surface area contributed by atoms with Crippen LogP contribution in [0.3, 0.4) is 0 Å². The molecule has 378 valence electrons. The zero-order chi connectivity index (χ0) is 53.0. The van der Waals surface area contributed by atoms with Crippen molar-refractivity contribution >= 4 is 79.4 Å². The van der Waals surface area contributed by atoms with Crippen LogP contribution in [-0.2, 0) is 6.42 Å². The summed E-state index contributed by atoms with van der Waals surface area (Å²) in [7, 11) is 0. The molecule has 0 N–H and O–H groups in total. The highest BCUT2D eigenvalue weighted by molar-refractivity contribution is 6.01. The summed E-state index contributed by atoms with van der Waals surface area (Å²) in [4.78, 5) is 9.35. The van der Waals surface area contributed by atoms with Gasteiger partial charge in [-0.05, 0) is 185 Å². The maximum Gasteiger partial charge on any atom is 0.0467 e. The van der Waals surface area contributed by atoms with E-state index in [0.717, 1.165) is 90.5 Å². The van der Waals surface area contributed by atoms with Gasteiger partial charge in [0.2, 0.25) is 0 Å². The molecule has 0 spiro atoms. The van der Waals surface area contributed by atoms with Crippen molar-refractivity contribution in [3.8, 4) is 0 Å². The lowest BCUT2D eigenvalue weighted by Crippen LogP contribution is -2.11. The van der Waals surface area contributed by atoms with E-state index >= 15 is 0 Å². The molecule has 0 saturated carbocycles. The van der Waals surface area contributed by atoms with Crippen LogP contribution in [0, 0.1) is 0 Å². The molecule has 4 nitrogen and oxygen atoms in total. The third-order valence-electron chi connectivity index (χ3n) is 14.3. The predicted octanol–water partition coefficient (Wildman–Crippen LogP) is 20.8. The normalized spacial score (nSPS) is 11.3. The molecule has 0 aromatic heterocycles. The summed E-state index contributed by atoms with van der Waals surface area (Å²) in [6.45, 7) is 0. The van der Waals surface area contributed by atoms with E-state index in [1.807, 2.05) is 0 Å². The van der Waals surface area contributed by atoms with Crippen LogP contribution in [0.25, 0.3) is 11.1 Å². The Morgan fingerprint density at radius 3 is 0.747 bits per heavy atom. The van der Waals surface area contributed by atoms with Crippen LogP contribution in [0.15, 0.2) is 340 Å². The monoisotopic (exact) mass is 1010 g/mol. The molecule has 0 aliphatic heterocycles. The molecule has 0 unspecified atom stereocenters. The fourth-order valence-electron chi connectivity index (χ4n) is 10.6. The molecule has 0 heterocycles. The minimum atomic E-state index is 0.639. The second kappa shape index (κ2) is 23.6. The van der Waals surface area contributed by atoms with Gasteiger partial charge in [-0.3, -0.25) is 0 Å². The summed E-state index contributed by atoms with van der Waals surface area (Å²) in [5.74, 6) is 0. The van der Waals surface area contributed by atoms with Gasteiger partial charge in [0, 0.05) is 68.2 Å². The minimum Gasteiger partial charge on any atom is -0.311 e. The van der Waals surface area contributed by atoms with Gasteiger partial charge < -0.3 is 19.6 Å². The highest BCUT2D eigenvalue weighted by atomic mass is 15.2. The third-order valence-corrected chi connectivity index (χ3v) is 14.3. The molecule has 0 amide bonds. The SMILES string of the molecule is c1ccc(N(c2ccccc2)c2ccc(CC(=C(c3ccc(N(c4ccccc4)c4ccccc4)cc3)c3cccc(N(c4ccccc4)c4ccccc4)c3)c3cccc(N(c4ccccc4)c4ccccc4)c3)cc2)cc1. The van der Waals surface area contributed by atoms with Crippen molar-refractivity contribution in [1.82, 2.24) is 0 Å². The van der Waals surface area contributed by atoms with Crippen LogP contribution in [0.4, 0.5) is 68.2 Å². The summed E-state index contributed by atoms with van der Waals surface area (Å²) in [5, 5.41) is 0. The average molecular weight is 1020 g/mol. The number of nitrogens with zero attached hydrogens (tertiary/aromatic N) is 4. The molecule has 0 atom stereocenters. The van der Waals surface area contributed by atoms with Crippen molar-refractivity contribution in [2.75, 3.05) is 19.6 Å². The van der Waals surface area contributed by atoms with E-state index in [4.69, 9.17) is 0 Å². The summed E-state index contributed by atoms with van der Waals surface area (Å²) in [5.41, 5.74) is 19.8. The van der Waals surface area contributed by atoms with Gasteiger partial charge in [0.25, 0.3) is 0 Å². The van der Waals surface area contributed by atoms with Crippen molar-refractivity contribution in [3.05, 3.63) is 362 Å². The fourth-order valence-corrected chi connectivity index (χ4v) is 10.6. The van der Waals surface area contributed by atoms with Crippen molar-refractivity contribution in [2.24, 2.45) is 0 Å². The van der Waals surface area contributed by atoms with Gasteiger partial charge in [0.1, 0.15) is 0 Å². The zero-order valence-corrected chi connectivity index (χ0v) is 43.8. The first-order valence-electron chi connectivity index (χ1n) is 27.0. The Hall–Kier alpha value is -10.4. The first-order valence-corrected chi connectivity index (χ1v) is 27.0. The summed E-state index contributed by atoms with van der Waals surface area (Å²) >= 11 is 0. The van der Waals surface area contributed by atoms with E-state index in [9.17, 15) is 0 Å². The van der Waals surface area contributed by atoms with Crippen molar-refractivity contribution < 1.29 is 0 Å². The van der Waals surface area contributed by atoms with Gasteiger partial charge in [0.05, 0.1) is 0 Å². The molecule has 0 saturated heterocycles. The lowest BCUT2D eigenvalue weighted by molar-refractivity contribution is 1.24. The maximum absolute atomic E-state index is 2.38. The topological polar surface area (TPSA) is 13.0 Å². The van der Waals surface area contributed by atoms with E-state index in [0.29, 0.717) is 6.42 Å². The van der Waals surface area contributed by atoms with E-state index in [-0.39, 0.29) is 0 Å². The van der Waals surface area contributed by atoms with Crippen LogP contribution in [0.5, 0.6) is 0 Å². The highest BCUT2D eigenvalue weighted by Gasteiger charge is 2.22. The van der Waals surface area contributed by atoms with E-state index in [2.05, 4.69) is 359 Å². The number of rotatable bonds is 17. The Morgan fingerprint density at radius 2 is 0.430 bits per heavy atom. The molecular formula is C75H58N4. The summed E-state index contributed by atoms with van der Waals surface area (Å²) < 4.78 is 0. The summed E-state index contributed by atoms with van der Waals surface area (Å²) in [6, 6.07) is 122. The van der Waals surface area contributed by atoms with Crippen molar-refractivity contribution in [2.45, 2.75) is 6.42 Å².